The van der Waals surface area contributed by atoms with Crippen molar-refractivity contribution in [1.29, 1.82) is 0 Å². The second kappa shape index (κ2) is 7.97. The van der Waals surface area contributed by atoms with E-state index < -0.39 is 0 Å². The largest absolute Gasteiger partial charge is 0.495 e. The van der Waals surface area contributed by atoms with E-state index in [4.69, 9.17) is 4.74 Å². The van der Waals surface area contributed by atoms with E-state index in [0.29, 0.717) is 5.75 Å². The highest BCUT2D eigenvalue weighted by Gasteiger charge is 2.04. The maximum atomic E-state index is 11.9. The molecular formula is C20H19N3O2. The number of benzene rings is 3. The molecule has 3 aromatic rings. The molecule has 0 atom stereocenters. The van der Waals surface area contributed by atoms with Gasteiger partial charge in [-0.1, -0.05) is 54.6 Å². The number of nitrogens with one attached hydrogen (secondary N) is 2. The van der Waals surface area contributed by atoms with Crippen molar-refractivity contribution in [1.82, 2.24) is 5.43 Å². The van der Waals surface area contributed by atoms with E-state index >= 15 is 0 Å². The minimum atomic E-state index is -0.234. The molecule has 25 heavy (non-hydrogen) atoms. The second-order valence-corrected chi connectivity index (χ2v) is 5.42. The first kappa shape index (κ1) is 16.5. The standard InChI is InChI=1S/C20H19N3O2/c1-25-19-12-5-4-11-18(19)21-14-20(24)23-22-13-16-9-6-8-15-7-2-3-10-17(15)16/h2-13,21H,14H2,1H3,(H,23,24). The number of nitrogens with zero attached hydrogens (tertiary/aromatic N) is 1. The van der Waals surface area contributed by atoms with Gasteiger partial charge in [-0.25, -0.2) is 5.43 Å². The van der Waals surface area contributed by atoms with Crippen LogP contribution in [0.4, 0.5) is 5.69 Å². The molecule has 0 heterocycles. The van der Waals surface area contributed by atoms with Gasteiger partial charge in [-0.15, -0.1) is 0 Å². The van der Waals surface area contributed by atoms with Gasteiger partial charge in [0.25, 0.3) is 5.91 Å². The molecule has 3 aromatic carbocycles. The van der Waals surface area contributed by atoms with Crippen LogP contribution in [0.15, 0.2) is 71.8 Å². The van der Waals surface area contributed by atoms with Gasteiger partial charge in [0.1, 0.15) is 5.75 Å². The molecule has 126 valence electrons. The van der Waals surface area contributed by atoms with Crippen molar-refractivity contribution in [3.63, 3.8) is 0 Å². The third kappa shape index (κ3) is 4.14. The van der Waals surface area contributed by atoms with Crippen LogP contribution in [-0.2, 0) is 4.79 Å². The Kier molecular flexibility index (Phi) is 5.26. The molecule has 3 rings (SSSR count). The summed E-state index contributed by atoms with van der Waals surface area (Å²) in [4.78, 5) is 11.9. The molecule has 5 heteroatoms. The van der Waals surface area contributed by atoms with E-state index in [0.717, 1.165) is 22.0 Å². The van der Waals surface area contributed by atoms with E-state index in [2.05, 4.69) is 15.8 Å². The van der Waals surface area contributed by atoms with Crippen LogP contribution in [0, 0.1) is 0 Å². The highest BCUT2D eigenvalue weighted by molar-refractivity contribution is 6.00. The Balaban J connectivity index is 1.59. The fraction of sp³-hybridized carbons (Fsp3) is 0.100. The highest BCUT2D eigenvalue weighted by Crippen LogP contribution is 2.22. The summed E-state index contributed by atoms with van der Waals surface area (Å²) >= 11 is 0. The molecule has 0 aliphatic heterocycles. The smallest absolute Gasteiger partial charge is 0.259 e. The van der Waals surface area contributed by atoms with Gasteiger partial charge >= 0.3 is 0 Å². The summed E-state index contributed by atoms with van der Waals surface area (Å²) in [6.07, 6.45) is 1.66. The number of ether oxygens (including phenoxy) is 1. The second-order valence-electron chi connectivity index (χ2n) is 5.42. The molecule has 0 aliphatic rings. The average molecular weight is 333 g/mol. The number of carbonyl (C=O) groups is 1. The lowest BCUT2D eigenvalue weighted by molar-refractivity contribution is -0.119. The number of hydrazone groups is 1. The molecule has 0 radical (unpaired) electrons. The third-order valence-corrected chi connectivity index (χ3v) is 3.76. The first-order valence-electron chi connectivity index (χ1n) is 7.94. The van der Waals surface area contributed by atoms with Crippen molar-refractivity contribution < 1.29 is 9.53 Å². The number of amides is 1. The summed E-state index contributed by atoms with van der Waals surface area (Å²) in [5.41, 5.74) is 4.25. The van der Waals surface area contributed by atoms with Crippen molar-refractivity contribution in [2.45, 2.75) is 0 Å². The lowest BCUT2D eigenvalue weighted by Gasteiger charge is -2.09. The molecule has 0 aliphatic carbocycles. The summed E-state index contributed by atoms with van der Waals surface area (Å²) in [6, 6.07) is 21.5. The minimum absolute atomic E-state index is 0.104. The molecule has 0 saturated heterocycles. The Labute approximate surface area is 146 Å². The highest BCUT2D eigenvalue weighted by atomic mass is 16.5. The summed E-state index contributed by atoms with van der Waals surface area (Å²) in [5.74, 6) is 0.456. The van der Waals surface area contributed by atoms with Crippen molar-refractivity contribution >= 4 is 28.6 Å². The van der Waals surface area contributed by atoms with Crippen molar-refractivity contribution in [3.8, 4) is 5.75 Å². The number of hydrogen-bond acceptors (Lipinski definition) is 4. The maximum absolute atomic E-state index is 11.9. The molecule has 0 aromatic heterocycles. The lowest BCUT2D eigenvalue weighted by atomic mass is 10.1. The minimum Gasteiger partial charge on any atom is -0.495 e. The van der Waals surface area contributed by atoms with Crippen LogP contribution in [0.1, 0.15) is 5.56 Å². The van der Waals surface area contributed by atoms with Gasteiger partial charge in [-0.05, 0) is 22.9 Å². The number of rotatable bonds is 6. The van der Waals surface area contributed by atoms with Gasteiger partial charge in [-0.3, -0.25) is 4.79 Å². The SMILES string of the molecule is COc1ccccc1NCC(=O)NN=Cc1cccc2ccccc12. The molecule has 0 unspecified atom stereocenters. The van der Waals surface area contributed by atoms with Crippen LogP contribution in [0.25, 0.3) is 10.8 Å². The molecular weight excluding hydrogens is 314 g/mol. The summed E-state index contributed by atoms with van der Waals surface area (Å²) in [5, 5.41) is 9.31. The Morgan fingerprint density at radius 3 is 2.68 bits per heavy atom. The third-order valence-electron chi connectivity index (χ3n) is 3.76. The van der Waals surface area contributed by atoms with Crippen molar-refractivity contribution in [2.24, 2.45) is 5.10 Å². The zero-order valence-corrected chi connectivity index (χ0v) is 13.9. The summed E-state index contributed by atoms with van der Waals surface area (Å²) < 4.78 is 5.23. The van der Waals surface area contributed by atoms with E-state index in [1.165, 1.54) is 0 Å². The fourth-order valence-corrected chi connectivity index (χ4v) is 2.54. The van der Waals surface area contributed by atoms with Crippen LogP contribution in [0.2, 0.25) is 0 Å². The molecule has 0 bridgehead atoms. The van der Waals surface area contributed by atoms with Crippen LogP contribution < -0.4 is 15.5 Å². The molecule has 2 N–H and O–H groups in total. The van der Waals surface area contributed by atoms with Crippen LogP contribution >= 0.6 is 0 Å². The van der Waals surface area contributed by atoms with Gasteiger partial charge < -0.3 is 10.1 Å². The van der Waals surface area contributed by atoms with Crippen LogP contribution in [0.5, 0.6) is 5.75 Å². The zero-order valence-electron chi connectivity index (χ0n) is 13.9. The summed E-state index contributed by atoms with van der Waals surface area (Å²) in [7, 11) is 1.59. The van der Waals surface area contributed by atoms with Crippen molar-refractivity contribution in [3.05, 3.63) is 72.3 Å². The Bertz CT molecular complexity index is 901. The number of para-hydroxylation sites is 2. The topological polar surface area (TPSA) is 62.7 Å². The van der Waals surface area contributed by atoms with E-state index in [1.54, 1.807) is 13.3 Å². The Morgan fingerprint density at radius 2 is 1.80 bits per heavy atom. The number of carbonyl (C=O) groups excluding carboxylic acids is 1. The number of fused-ring (bicyclic) bond motifs is 1. The first-order chi connectivity index (χ1) is 12.3. The lowest BCUT2D eigenvalue weighted by Crippen LogP contribution is -2.26. The first-order valence-corrected chi connectivity index (χ1v) is 7.94. The molecule has 5 nitrogen and oxygen atoms in total. The van der Waals surface area contributed by atoms with Crippen LogP contribution in [-0.4, -0.2) is 25.8 Å². The van der Waals surface area contributed by atoms with Gasteiger partial charge in [0.2, 0.25) is 0 Å². The average Bonchev–Trinajstić information content (AvgIpc) is 2.67. The fourth-order valence-electron chi connectivity index (χ4n) is 2.54. The van der Waals surface area contributed by atoms with E-state index in [1.807, 2.05) is 66.7 Å². The van der Waals surface area contributed by atoms with Gasteiger partial charge in [0, 0.05) is 5.56 Å². The predicted octanol–water partition coefficient (Wildman–Crippen LogP) is 3.41. The maximum Gasteiger partial charge on any atom is 0.259 e. The Morgan fingerprint density at radius 1 is 1.04 bits per heavy atom. The number of methoxy groups -OCH3 is 1. The van der Waals surface area contributed by atoms with Gasteiger partial charge in [0.15, 0.2) is 0 Å². The summed E-state index contributed by atoms with van der Waals surface area (Å²) in [6.45, 7) is 0.104. The Hall–Kier alpha value is -3.34. The van der Waals surface area contributed by atoms with Crippen molar-refractivity contribution in [2.75, 3.05) is 19.0 Å². The van der Waals surface area contributed by atoms with Gasteiger partial charge in [-0.2, -0.15) is 5.10 Å². The normalized spacial score (nSPS) is 10.8. The van der Waals surface area contributed by atoms with E-state index in [9.17, 15) is 4.79 Å². The van der Waals surface area contributed by atoms with Gasteiger partial charge in [0.05, 0.1) is 25.6 Å². The quantitative estimate of drug-likeness (QED) is 0.537. The molecule has 0 spiro atoms. The predicted molar refractivity (Wildman–Crippen MR) is 101 cm³/mol. The van der Waals surface area contributed by atoms with E-state index in [-0.39, 0.29) is 12.5 Å². The molecule has 0 saturated carbocycles. The number of anilines is 1. The van der Waals surface area contributed by atoms with Crippen LogP contribution in [0.3, 0.4) is 0 Å². The molecule has 0 fully saturated rings. The monoisotopic (exact) mass is 333 g/mol. The number of hydrogen-bond donors (Lipinski definition) is 2. The zero-order chi connectivity index (χ0) is 17.5. The molecule has 1 amide bonds.